The number of nitrogens with two attached hydrogens (primary N) is 1. The molecule has 0 saturated heterocycles. The van der Waals surface area contributed by atoms with Crippen LogP contribution in [0.4, 0.5) is 11.4 Å². The largest absolute Gasteiger partial charge is 0.399 e. The molecule has 1 aromatic carbocycles. The fourth-order valence-electron chi connectivity index (χ4n) is 2.88. The van der Waals surface area contributed by atoms with Gasteiger partial charge in [-0.1, -0.05) is 25.1 Å². The lowest BCUT2D eigenvalue weighted by Gasteiger charge is -2.18. The second-order valence-corrected chi connectivity index (χ2v) is 5.95. The van der Waals surface area contributed by atoms with Gasteiger partial charge >= 0.3 is 0 Å². The summed E-state index contributed by atoms with van der Waals surface area (Å²) in [6.07, 6.45) is 5.79. The summed E-state index contributed by atoms with van der Waals surface area (Å²) in [5, 5.41) is 11.3. The van der Waals surface area contributed by atoms with Crippen molar-refractivity contribution in [2.45, 2.75) is 32.2 Å². The molecule has 0 fully saturated rings. The maximum atomic E-state index is 5.79. The maximum absolute atomic E-state index is 5.79. The minimum Gasteiger partial charge on any atom is -0.399 e. The van der Waals surface area contributed by atoms with Crippen molar-refractivity contribution in [2.24, 2.45) is 0 Å². The summed E-state index contributed by atoms with van der Waals surface area (Å²) in [6.45, 7) is 8.71. The lowest BCUT2D eigenvalue weighted by molar-refractivity contribution is 0.563. The van der Waals surface area contributed by atoms with Crippen molar-refractivity contribution >= 4 is 11.4 Å². The number of nitrogens with zero attached hydrogens (tertiary/aromatic N) is 2. The number of likely N-dealkylation sites (N-methyl/N-ethyl adjacent to an activating group) is 1. The Hall–Kier alpha value is -2.27. The van der Waals surface area contributed by atoms with Crippen LogP contribution in [0, 0.1) is 0 Å². The number of rotatable bonds is 10. The van der Waals surface area contributed by atoms with E-state index in [0.717, 1.165) is 43.9 Å². The normalized spacial score (nSPS) is 12.1. The van der Waals surface area contributed by atoms with Crippen molar-refractivity contribution in [3.8, 4) is 0 Å². The molecule has 5 heteroatoms. The van der Waals surface area contributed by atoms with Crippen molar-refractivity contribution in [3.63, 3.8) is 0 Å². The molecule has 2 aromatic rings. The van der Waals surface area contributed by atoms with Crippen molar-refractivity contribution in [2.75, 3.05) is 31.2 Å². The first-order chi connectivity index (χ1) is 11.7. The van der Waals surface area contributed by atoms with Crippen molar-refractivity contribution in [3.05, 3.63) is 54.4 Å². The number of aromatic nitrogens is 2. The number of benzene rings is 1. The molecule has 4 N–H and O–H groups in total. The van der Waals surface area contributed by atoms with Gasteiger partial charge in [0.05, 0.1) is 24.1 Å². The average Bonchev–Trinajstić information content (AvgIpc) is 2.99. The first-order valence-electron chi connectivity index (χ1n) is 8.59. The van der Waals surface area contributed by atoms with Gasteiger partial charge in [0.25, 0.3) is 0 Å². The predicted molar refractivity (Wildman–Crippen MR) is 102 cm³/mol. The Morgan fingerprint density at radius 3 is 2.71 bits per heavy atom. The molecule has 1 unspecified atom stereocenters. The Morgan fingerprint density at radius 2 is 2.08 bits per heavy atom. The molecule has 0 aliphatic carbocycles. The summed E-state index contributed by atoms with van der Waals surface area (Å²) in [5.41, 5.74) is 10.2. The number of allylic oxidation sites excluding steroid dienone is 1. The van der Waals surface area contributed by atoms with E-state index in [2.05, 4.69) is 46.0 Å². The molecule has 24 heavy (non-hydrogen) atoms. The van der Waals surface area contributed by atoms with Crippen LogP contribution >= 0.6 is 0 Å². The average molecular weight is 327 g/mol. The van der Waals surface area contributed by atoms with Crippen LogP contribution in [0.3, 0.4) is 0 Å². The molecule has 0 aliphatic rings. The van der Waals surface area contributed by atoms with Crippen molar-refractivity contribution in [1.29, 1.82) is 0 Å². The molecule has 1 heterocycles. The Bertz CT molecular complexity index is 630. The van der Waals surface area contributed by atoms with Crippen LogP contribution in [0.25, 0.3) is 0 Å². The minimum atomic E-state index is 0.369. The van der Waals surface area contributed by atoms with Crippen LogP contribution in [0.15, 0.2) is 43.1 Å². The van der Waals surface area contributed by atoms with Gasteiger partial charge in [0.1, 0.15) is 0 Å². The highest BCUT2D eigenvalue weighted by molar-refractivity contribution is 5.47. The zero-order valence-corrected chi connectivity index (χ0v) is 14.8. The monoisotopic (exact) mass is 327 g/mol. The molecule has 0 bridgehead atoms. The Kier molecular flexibility index (Phi) is 6.88. The zero-order valence-electron chi connectivity index (χ0n) is 14.8. The summed E-state index contributed by atoms with van der Waals surface area (Å²) in [5.74, 6) is 0.369. The molecule has 1 aromatic heterocycles. The predicted octanol–water partition coefficient (Wildman–Crippen LogP) is 3.02. The molecule has 130 valence electrons. The topological polar surface area (TPSA) is 67.9 Å². The molecule has 0 saturated carbocycles. The van der Waals surface area contributed by atoms with Crippen molar-refractivity contribution in [1.82, 2.24) is 15.1 Å². The number of hydrogen-bond donors (Lipinski definition) is 3. The Morgan fingerprint density at radius 1 is 1.33 bits per heavy atom. The molecule has 5 nitrogen and oxygen atoms in total. The lowest BCUT2D eigenvalue weighted by atomic mass is 9.95. The number of nitrogen functional groups attached to an aromatic ring is 1. The highest BCUT2D eigenvalue weighted by Gasteiger charge is 2.13. The van der Waals surface area contributed by atoms with Gasteiger partial charge in [-0.25, -0.2) is 0 Å². The number of nitrogens with one attached hydrogen (secondary N) is 2. The van der Waals surface area contributed by atoms with Gasteiger partial charge in [0.15, 0.2) is 0 Å². The quantitative estimate of drug-likeness (QED) is 0.463. The lowest BCUT2D eigenvalue weighted by Crippen LogP contribution is -2.18. The third-order valence-corrected chi connectivity index (χ3v) is 4.26. The SMILES string of the molecule is C=CCC(CNc1cnn(CCNC)c1CC)c1ccc(N)cc1. The zero-order chi connectivity index (χ0) is 17.4. The second-order valence-electron chi connectivity index (χ2n) is 5.95. The van der Waals surface area contributed by atoms with Gasteiger partial charge in [-0.05, 0) is 37.6 Å². The van der Waals surface area contributed by atoms with Crippen LogP contribution in [-0.2, 0) is 13.0 Å². The first kappa shape index (κ1) is 18.1. The maximum Gasteiger partial charge on any atom is 0.0759 e. The second kappa shape index (κ2) is 9.13. The summed E-state index contributed by atoms with van der Waals surface area (Å²) in [6, 6.07) is 8.11. The minimum absolute atomic E-state index is 0.369. The molecular weight excluding hydrogens is 298 g/mol. The third-order valence-electron chi connectivity index (χ3n) is 4.26. The molecular formula is C19H29N5. The summed E-state index contributed by atoms with van der Waals surface area (Å²) < 4.78 is 2.07. The van der Waals surface area contributed by atoms with Gasteiger partial charge in [-0.15, -0.1) is 6.58 Å². The van der Waals surface area contributed by atoms with Crippen molar-refractivity contribution < 1.29 is 0 Å². The smallest absolute Gasteiger partial charge is 0.0759 e. The number of hydrogen-bond acceptors (Lipinski definition) is 4. The Balaban J connectivity index is 2.07. The molecule has 0 spiro atoms. The van der Waals surface area contributed by atoms with E-state index in [1.54, 1.807) is 0 Å². The van der Waals surface area contributed by atoms with Gasteiger partial charge < -0.3 is 16.4 Å². The van der Waals surface area contributed by atoms with Crippen LogP contribution in [0.5, 0.6) is 0 Å². The van der Waals surface area contributed by atoms with E-state index >= 15 is 0 Å². The molecule has 0 aliphatic heterocycles. The highest BCUT2D eigenvalue weighted by Crippen LogP contribution is 2.23. The van der Waals surface area contributed by atoms with Crippen LogP contribution < -0.4 is 16.4 Å². The van der Waals surface area contributed by atoms with Gasteiger partial charge in [-0.2, -0.15) is 5.10 Å². The van der Waals surface area contributed by atoms with E-state index in [9.17, 15) is 0 Å². The van der Waals surface area contributed by atoms with Crippen LogP contribution in [0.2, 0.25) is 0 Å². The standard InChI is InChI=1S/C19H29N5/c1-4-6-16(15-7-9-17(20)10-8-15)13-22-18-14-23-24(12-11-21-3)19(18)5-2/h4,7-10,14,16,21-22H,1,5-6,11-13,20H2,2-3H3. The Labute approximate surface area is 144 Å². The van der Waals surface area contributed by atoms with E-state index in [1.807, 2.05) is 31.5 Å². The van der Waals surface area contributed by atoms with E-state index in [0.29, 0.717) is 5.92 Å². The molecule has 1 atom stereocenters. The van der Waals surface area contributed by atoms with E-state index in [1.165, 1.54) is 11.3 Å². The first-order valence-corrected chi connectivity index (χ1v) is 8.59. The van der Waals surface area contributed by atoms with Gasteiger partial charge in [0.2, 0.25) is 0 Å². The van der Waals surface area contributed by atoms with E-state index in [4.69, 9.17) is 5.73 Å². The molecule has 0 amide bonds. The number of anilines is 2. The fourth-order valence-corrected chi connectivity index (χ4v) is 2.88. The van der Waals surface area contributed by atoms with Crippen LogP contribution in [-0.4, -0.2) is 29.9 Å². The van der Waals surface area contributed by atoms with Gasteiger partial charge in [0, 0.05) is 24.7 Å². The van der Waals surface area contributed by atoms with Gasteiger partial charge in [-0.3, -0.25) is 4.68 Å². The summed E-state index contributed by atoms with van der Waals surface area (Å²) in [7, 11) is 1.96. The molecule has 0 radical (unpaired) electrons. The summed E-state index contributed by atoms with van der Waals surface area (Å²) in [4.78, 5) is 0. The van der Waals surface area contributed by atoms with E-state index in [-0.39, 0.29) is 0 Å². The summed E-state index contributed by atoms with van der Waals surface area (Å²) >= 11 is 0. The van der Waals surface area contributed by atoms with E-state index < -0.39 is 0 Å². The van der Waals surface area contributed by atoms with Crippen LogP contribution in [0.1, 0.15) is 30.5 Å². The highest BCUT2D eigenvalue weighted by atomic mass is 15.3. The third kappa shape index (κ3) is 4.61. The molecule has 2 rings (SSSR count). The fraction of sp³-hybridized carbons (Fsp3) is 0.421.